The summed E-state index contributed by atoms with van der Waals surface area (Å²) >= 11 is 0. The first-order chi connectivity index (χ1) is 15.9. The van der Waals surface area contributed by atoms with Crippen LogP contribution < -0.4 is 10.9 Å². The maximum absolute atomic E-state index is 13.2. The molecule has 1 aliphatic heterocycles. The fourth-order valence-corrected chi connectivity index (χ4v) is 3.94. The zero-order valence-corrected chi connectivity index (χ0v) is 18.3. The fourth-order valence-electron chi connectivity index (χ4n) is 3.94. The predicted molar refractivity (Wildman–Crippen MR) is 123 cm³/mol. The molecular formula is C25H25FN4O3. The Balaban J connectivity index is 1.52. The lowest BCUT2D eigenvalue weighted by Gasteiger charge is -2.40. The molecule has 2 heterocycles. The molecule has 0 radical (unpaired) electrons. The third kappa shape index (κ3) is 5.35. The van der Waals surface area contributed by atoms with Crippen LogP contribution in [0.4, 0.5) is 10.1 Å². The van der Waals surface area contributed by atoms with Gasteiger partial charge in [-0.2, -0.15) is 0 Å². The number of piperazine rings is 1. The molecule has 33 heavy (non-hydrogen) atoms. The number of pyridine rings is 1. The first kappa shape index (κ1) is 22.4. The molecule has 1 aliphatic rings. The van der Waals surface area contributed by atoms with Gasteiger partial charge in [0, 0.05) is 37.6 Å². The molecule has 3 aromatic rings. The molecule has 2 aromatic carbocycles. The van der Waals surface area contributed by atoms with Gasteiger partial charge in [-0.3, -0.25) is 14.4 Å². The van der Waals surface area contributed by atoms with Gasteiger partial charge in [-0.25, -0.2) is 4.39 Å². The second kappa shape index (κ2) is 9.79. The van der Waals surface area contributed by atoms with Gasteiger partial charge in [0.05, 0.1) is 11.6 Å². The van der Waals surface area contributed by atoms with E-state index < -0.39 is 11.7 Å². The zero-order chi connectivity index (χ0) is 23.4. The minimum absolute atomic E-state index is 0.113. The largest absolute Gasteiger partial charge is 0.332 e. The number of likely N-dealkylation sites (N-methyl/N-ethyl adjacent to an activating group) is 1. The molecule has 0 spiro atoms. The van der Waals surface area contributed by atoms with Crippen molar-refractivity contribution >= 4 is 17.5 Å². The number of amides is 2. The van der Waals surface area contributed by atoms with E-state index in [4.69, 9.17) is 0 Å². The van der Waals surface area contributed by atoms with E-state index >= 15 is 0 Å². The average Bonchev–Trinajstić information content (AvgIpc) is 2.82. The highest BCUT2D eigenvalue weighted by Gasteiger charge is 2.30. The summed E-state index contributed by atoms with van der Waals surface area (Å²) in [4.78, 5) is 42.2. The third-order valence-corrected chi connectivity index (χ3v) is 5.74. The van der Waals surface area contributed by atoms with Crippen LogP contribution in [0.1, 0.15) is 22.0 Å². The molecule has 1 saturated heterocycles. The van der Waals surface area contributed by atoms with E-state index in [1.165, 1.54) is 47.2 Å². The Morgan fingerprint density at radius 3 is 2.45 bits per heavy atom. The number of benzene rings is 2. The number of nitrogens with zero attached hydrogens (tertiary/aromatic N) is 3. The number of anilines is 1. The molecule has 4 rings (SSSR count). The Morgan fingerprint density at radius 2 is 1.73 bits per heavy atom. The summed E-state index contributed by atoms with van der Waals surface area (Å²) in [6.45, 7) is 1.83. The number of rotatable bonds is 5. The summed E-state index contributed by atoms with van der Waals surface area (Å²) in [5, 5.41) is 2.66. The Hall–Kier alpha value is -3.78. The monoisotopic (exact) mass is 448 g/mol. The molecule has 1 aromatic heterocycles. The molecule has 170 valence electrons. The number of nitrogens with one attached hydrogen (secondary N) is 1. The van der Waals surface area contributed by atoms with E-state index in [-0.39, 0.29) is 29.6 Å². The summed E-state index contributed by atoms with van der Waals surface area (Å²) in [6, 6.07) is 17.8. The topological polar surface area (TPSA) is 74.7 Å². The summed E-state index contributed by atoms with van der Waals surface area (Å²) < 4.78 is 14.3. The van der Waals surface area contributed by atoms with Crippen LogP contribution in [0.15, 0.2) is 77.7 Å². The molecule has 7 nitrogen and oxygen atoms in total. The molecule has 0 saturated carbocycles. The summed E-state index contributed by atoms with van der Waals surface area (Å²) in [7, 11) is 2.02. The smallest absolute Gasteiger partial charge is 0.257 e. The van der Waals surface area contributed by atoms with Gasteiger partial charge in [0.25, 0.3) is 11.5 Å². The van der Waals surface area contributed by atoms with Crippen molar-refractivity contribution in [3.8, 4) is 0 Å². The van der Waals surface area contributed by atoms with Gasteiger partial charge in [0.2, 0.25) is 5.91 Å². The van der Waals surface area contributed by atoms with E-state index in [9.17, 15) is 18.8 Å². The van der Waals surface area contributed by atoms with Crippen molar-refractivity contribution < 1.29 is 14.0 Å². The van der Waals surface area contributed by atoms with Crippen molar-refractivity contribution in [3.63, 3.8) is 0 Å². The molecule has 2 amide bonds. The first-order valence-electron chi connectivity index (χ1n) is 10.7. The Labute approximate surface area is 191 Å². The number of hydrogen-bond acceptors (Lipinski definition) is 4. The Bertz CT molecular complexity index is 1190. The molecular weight excluding hydrogens is 423 g/mol. The van der Waals surface area contributed by atoms with Crippen LogP contribution in [-0.4, -0.2) is 52.9 Å². The highest BCUT2D eigenvalue weighted by molar-refractivity contribution is 6.04. The number of hydrogen-bond donors (Lipinski definition) is 1. The van der Waals surface area contributed by atoms with Crippen LogP contribution in [0, 0.1) is 5.82 Å². The molecule has 0 aliphatic carbocycles. The molecule has 8 heteroatoms. The van der Waals surface area contributed by atoms with Crippen molar-refractivity contribution in [1.29, 1.82) is 0 Å². The van der Waals surface area contributed by atoms with Crippen LogP contribution in [0.2, 0.25) is 0 Å². The van der Waals surface area contributed by atoms with E-state index in [0.29, 0.717) is 18.8 Å². The van der Waals surface area contributed by atoms with Gasteiger partial charge in [0.15, 0.2) is 0 Å². The van der Waals surface area contributed by atoms with Gasteiger partial charge < -0.3 is 19.7 Å². The van der Waals surface area contributed by atoms with Crippen molar-refractivity contribution in [2.45, 2.75) is 12.6 Å². The van der Waals surface area contributed by atoms with Gasteiger partial charge in [-0.15, -0.1) is 0 Å². The average molecular weight is 448 g/mol. The zero-order valence-electron chi connectivity index (χ0n) is 18.3. The molecule has 0 unspecified atom stereocenters. The summed E-state index contributed by atoms with van der Waals surface area (Å²) in [5.74, 6) is -1.04. The van der Waals surface area contributed by atoms with Crippen LogP contribution in [0.3, 0.4) is 0 Å². The number of carbonyl (C=O) groups excluding carboxylic acids is 2. The molecule has 1 atom stereocenters. The minimum Gasteiger partial charge on any atom is -0.332 e. The van der Waals surface area contributed by atoms with Gasteiger partial charge in [-0.1, -0.05) is 30.3 Å². The van der Waals surface area contributed by atoms with Gasteiger partial charge in [0.1, 0.15) is 12.4 Å². The molecule has 1 fully saturated rings. The predicted octanol–water partition coefficient (Wildman–Crippen LogP) is 2.76. The normalized spacial score (nSPS) is 16.4. The highest BCUT2D eigenvalue weighted by Crippen LogP contribution is 2.25. The standard InChI is InChI=1S/C25H25FN4O3/c1-28-13-14-30(22(16-28)18-5-3-2-4-6-18)24(32)17-29-15-19(7-12-23(29)31)25(33)27-21-10-8-20(26)9-11-21/h2-12,15,22H,13-14,16-17H2,1H3,(H,27,33)/t22-/m1/s1. The second-order valence-corrected chi connectivity index (χ2v) is 8.12. The number of halogens is 1. The van der Waals surface area contributed by atoms with E-state index in [2.05, 4.69) is 10.2 Å². The van der Waals surface area contributed by atoms with Crippen molar-refractivity contribution in [2.24, 2.45) is 0 Å². The Morgan fingerprint density at radius 1 is 1.00 bits per heavy atom. The maximum Gasteiger partial charge on any atom is 0.257 e. The van der Waals surface area contributed by atoms with Gasteiger partial charge in [-0.05, 0) is 42.9 Å². The van der Waals surface area contributed by atoms with E-state index in [1.54, 1.807) is 4.90 Å². The van der Waals surface area contributed by atoms with Crippen molar-refractivity contribution in [1.82, 2.24) is 14.4 Å². The lowest BCUT2D eigenvalue weighted by Crippen LogP contribution is -2.50. The SMILES string of the molecule is CN1CCN(C(=O)Cn2cc(C(=O)Nc3ccc(F)cc3)ccc2=O)[C@@H](c2ccccc2)C1. The van der Waals surface area contributed by atoms with E-state index in [1.807, 2.05) is 37.4 Å². The van der Waals surface area contributed by atoms with Crippen LogP contribution in [-0.2, 0) is 11.3 Å². The van der Waals surface area contributed by atoms with Crippen LogP contribution in [0.5, 0.6) is 0 Å². The number of carbonyl (C=O) groups is 2. The van der Waals surface area contributed by atoms with Gasteiger partial charge >= 0.3 is 0 Å². The van der Waals surface area contributed by atoms with Crippen LogP contribution in [0.25, 0.3) is 0 Å². The molecule has 0 bridgehead atoms. The minimum atomic E-state index is -0.454. The maximum atomic E-state index is 13.2. The van der Waals surface area contributed by atoms with Crippen LogP contribution >= 0.6 is 0 Å². The second-order valence-electron chi connectivity index (χ2n) is 8.12. The third-order valence-electron chi connectivity index (χ3n) is 5.74. The molecule has 1 N–H and O–H groups in total. The summed E-state index contributed by atoms with van der Waals surface area (Å²) in [5.41, 5.74) is 1.33. The highest BCUT2D eigenvalue weighted by atomic mass is 19.1. The summed E-state index contributed by atoms with van der Waals surface area (Å²) in [6.07, 6.45) is 1.38. The first-order valence-corrected chi connectivity index (χ1v) is 10.7. The van der Waals surface area contributed by atoms with Crippen molar-refractivity contribution in [3.05, 3.63) is 100 Å². The quantitative estimate of drug-likeness (QED) is 0.652. The lowest BCUT2D eigenvalue weighted by atomic mass is 10.0. The Kier molecular flexibility index (Phi) is 6.65. The van der Waals surface area contributed by atoms with E-state index in [0.717, 1.165) is 12.1 Å². The fraction of sp³-hybridized carbons (Fsp3) is 0.240. The lowest BCUT2D eigenvalue weighted by molar-refractivity contribution is -0.136. The van der Waals surface area contributed by atoms with Crippen molar-refractivity contribution in [2.75, 3.05) is 32.0 Å². The number of aromatic nitrogens is 1.